The molecule has 0 aromatic heterocycles. The van der Waals surface area contributed by atoms with E-state index in [0.29, 0.717) is 20.2 Å². The second-order valence-electron chi connectivity index (χ2n) is 2.43. The molecule has 1 aliphatic rings. The van der Waals surface area contributed by atoms with Crippen molar-refractivity contribution in [3.8, 4) is 0 Å². The Bertz CT molecular complexity index is 161. The zero-order chi connectivity index (χ0) is 7.72. The minimum absolute atomic E-state index is 0.139. The van der Waals surface area contributed by atoms with Gasteiger partial charge in [0.15, 0.2) is 0 Å². The molecule has 1 aliphatic carbocycles. The van der Waals surface area contributed by atoms with E-state index in [0.717, 1.165) is 25.8 Å². The van der Waals surface area contributed by atoms with Gasteiger partial charge in [-0.2, -0.15) is 0 Å². The Labute approximate surface area is 89.0 Å². The van der Waals surface area contributed by atoms with Crippen molar-refractivity contribution < 1.29 is 9.59 Å². The molecule has 0 heterocycles. The van der Waals surface area contributed by atoms with Crippen LogP contribution < -0.4 is 0 Å². The molecule has 2 atom stereocenters. The molecule has 0 N–H and O–H groups in total. The van der Waals surface area contributed by atoms with E-state index in [2.05, 4.69) is 22.6 Å². The standard InChI is InChI=1S/C6H6IO2.Tl/c7-4-1-2-5(8)6(9)3-4;/h1,4H,2-3H2;. The van der Waals surface area contributed by atoms with Crippen molar-refractivity contribution in [2.75, 3.05) is 0 Å². The SMILES string of the molecule is O=C1CC(I)[CH]([Tl])CC1=O. The van der Waals surface area contributed by atoms with Crippen LogP contribution in [0.15, 0.2) is 0 Å². The van der Waals surface area contributed by atoms with E-state index in [1.54, 1.807) is 0 Å². The first kappa shape index (κ1) is 9.08. The summed E-state index contributed by atoms with van der Waals surface area (Å²) < 4.78 is 0.985. The molecule has 0 spiro atoms. The van der Waals surface area contributed by atoms with Crippen molar-refractivity contribution in [3.05, 3.63) is 0 Å². The number of Topliss-reactive ketones (excluding diaryl/α,β-unsaturated/α-hetero) is 2. The summed E-state index contributed by atoms with van der Waals surface area (Å²) in [6.07, 6.45) is 1.01. The molecule has 1 rings (SSSR count). The molecule has 0 aromatic rings. The average molecular weight is 441 g/mol. The summed E-state index contributed by atoms with van der Waals surface area (Å²) in [7, 11) is 0. The van der Waals surface area contributed by atoms with Gasteiger partial charge in [0.25, 0.3) is 0 Å². The van der Waals surface area contributed by atoms with E-state index in [9.17, 15) is 9.59 Å². The first-order valence-electron chi connectivity index (χ1n) is 3.07. The van der Waals surface area contributed by atoms with Crippen molar-refractivity contribution in [1.29, 1.82) is 0 Å². The monoisotopic (exact) mass is 442 g/mol. The van der Waals surface area contributed by atoms with Gasteiger partial charge < -0.3 is 0 Å². The first-order valence-corrected chi connectivity index (χ1v) is 6.90. The Morgan fingerprint density at radius 2 is 1.80 bits per heavy atom. The van der Waals surface area contributed by atoms with Crippen molar-refractivity contribution in [3.63, 3.8) is 0 Å². The van der Waals surface area contributed by atoms with Gasteiger partial charge in [0.1, 0.15) is 0 Å². The normalized spacial score (nSPS) is 34.4. The Morgan fingerprint density at radius 1 is 1.30 bits per heavy atom. The Hall–Kier alpha value is 0.992. The number of hydrogen-bond acceptors (Lipinski definition) is 2. The molecule has 0 aromatic carbocycles. The Kier molecular flexibility index (Phi) is 3.27. The molecule has 0 saturated heterocycles. The molecule has 0 aliphatic heterocycles. The molecular weight excluding hydrogens is 435 g/mol. The fourth-order valence-electron chi connectivity index (χ4n) is 0.898. The quantitative estimate of drug-likeness (QED) is 0.240. The van der Waals surface area contributed by atoms with Gasteiger partial charge in [-0.15, -0.1) is 0 Å². The van der Waals surface area contributed by atoms with Gasteiger partial charge in [-0.1, -0.05) is 0 Å². The van der Waals surface area contributed by atoms with Crippen molar-refractivity contribution in [2.24, 2.45) is 0 Å². The summed E-state index contributed by atoms with van der Waals surface area (Å²) in [6, 6.07) is 0. The summed E-state index contributed by atoms with van der Waals surface area (Å²) in [5.74, 6) is -0.295. The summed E-state index contributed by atoms with van der Waals surface area (Å²) in [6.45, 7) is 0. The molecule has 52 valence electrons. The number of halogens is 1. The molecule has 1 saturated carbocycles. The van der Waals surface area contributed by atoms with Gasteiger partial charge in [0, 0.05) is 0 Å². The number of ketones is 2. The van der Waals surface area contributed by atoms with E-state index in [-0.39, 0.29) is 11.6 Å². The molecule has 0 radical (unpaired) electrons. The van der Waals surface area contributed by atoms with Crippen LogP contribution >= 0.6 is 22.6 Å². The van der Waals surface area contributed by atoms with E-state index in [1.165, 1.54) is 0 Å². The molecule has 4 heteroatoms. The molecule has 1 fully saturated rings. The number of hydrogen-bond donors (Lipinski definition) is 0. The van der Waals surface area contributed by atoms with Gasteiger partial charge in [0.2, 0.25) is 0 Å². The van der Waals surface area contributed by atoms with Crippen LogP contribution in [0.1, 0.15) is 12.8 Å². The van der Waals surface area contributed by atoms with Gasteiger partial charge >= 0.3 is 89.8 Å². The fraction of sp³-hybridized carbons (Fsp3) is 0.667. The van der Waals surface area contributed by atoms with Crippen LogP contribution in [0, 0.1) is 0 Å². The predicted molar refractivity (Wildman–Crippen MR) is 46.6 cm³/mol. The fourth-order valence-corrected chi connectivity index (χ4v) is 2.91. The summed E-state index contributed by atoms with van der Waals surface area (Å²) in [5, 5.41) is 0. The predicted octanol–water partition coefficient (Wildman–Crippen LogP) is 0.679. The van der Waals surface area contributed by atoms with Gasteiger partial charge in [-0.25, -0.2) is 0 Å². The first-order chi connectivity index (χ1) is 4.61. The maximum atomic E-state index is 10.8. The van der Waals surface area contributed by atoms with Gasteiger partial charge in [0.05, 0.1) is 0 Å². The third kappa shape index (κ3) is 1.99. The third-order valence-corrected chi connectivity index (χ3v) is 8.71. The number of carbonyl (C=O) groups is 2. The molecule has 2 nitrogen and oxygen atoms in total. The van der Waals surface area contributed by atoms with E-state index < -0.39 is 0 Å². The second-order valence-corrected chi connectivity index (χ2v) is 7.36. The molecule has 10 heavy (non-hydrogen) atoms. The van der Waals surface area contributed by atoms with Gasteiger partial charge in [-0.3, -0.25) is 0 Å². The van der Waals surface area contributed by atoms with Crippen molar-refractivity contribution >= 4 is 59.9 Å². The van der Waals surface area contributed by atoms with Crippen LogP contribution in [0.4, 0.5) is 0 Å². The number of alkyl halides is 1. The van der Waals surface area contributed by atoms with Crippen LogP contribution in [0.5, 0.6) is 0 Å². The minimum atomic E-state index is -0.156. The Morgan fingerprint density at radius 3 is 2.30 bits per heavy atom. The van der Waals surface area contributed by atoms with Crippen molar-refractivity contribution in [1.82, 2.24) is 0 Å². The third-order valence-electron chi connectivity index (χ3n) is 1.58. The van der Waals surface area contributed by atoms with Crippen LogP contribution in [-0.2, 0) is 9.59 Å². The summed E-state index contributed by atoms with van der Waals surface area (Å²) in [4.78, 5) is 21.6. The number of carbonyl (C=O) groups excluding carboxylic acids is 2. The summed E-state index contributed by atoms with van der Waals surface area (Å²) >= 11 is 3.11. The zero-order valence-corrected chi connectivity index (χ0v) is 12.0. The zero-order valence-electron chi connectivity index (χ0n) is 5.34. The van der Waals surface area contributed by atoms with E-state index >= 15 is 0 Å². The Balaban J connectivity index is 2.63. The van der Waals surface area contributed by atoms with Crippen LogP contribution in [0.25, 0.3) is 0 Å². The molecule has 2 unspecified atom stereocenters. The maximum absolute atomic E-state index is 10.8. The molecular formula is C6H6IO2Tl. The summed E-state index contributed by atoms with van der Waals surface area (Å²) in [5.41, 5.74) is 0. The van der Waals surface area contributed by atoms with E-state index in [1.807, 2.05) is 0 Å². The second kappa shape index (κ2) is 3.59. The topological polar surface area (TPSA) is 34.1 Å². The number of rotatable bonds is 0. The van der Waals surface area contributed by atoms with Crippen LogP contribution in [-0.4, -0.2) is 41.3 Å². The van der Waals surface area contributed by atoms with Crippen LogP contribution in [0.3, 0.4) is 0 Å². The molecule has 0 amide bonds. The van der Waals surface area contributed by atoms with Gasteiger partial charge in [-0.05, 0) is 0 Å². The van der Waals surface area contributed by atoms with Crippen molar-refractivity contribution in [2.45, 2.75) is 20.2 Å². The van der Waals surface area contributed by atoms with E-state index in [4.69, 9.17) is 0 Å². The molecule has 0 bridgehead atoms. The van der Waals surface area contributed by atoms with Crippen LogP contribution in [0.2, 0.25) is 3.48 Å². The average Bonchev–Trinajstić information content (AvgIpc) is 1.84.